The molecule has 2 aromatic rings. The van der Waals surface area contributed by atoms with Crippen molar-refractivity contribution in [2.75, 3.05) is 66.1 Å². The van der Waals surface area contributed by atoms with E-state index in [1.54, 1.807) is 30.2 Å². The largest absolute Gasteiger partial charge is 0.506 e. The maximum absolute atomic E-state index is 13.5. The number of aromatic hydroxyl groups is 1. The number of piperazine rings is 1. The minimum Gasteiger partial charge on any atom is -0.506 e. The Morgan fingerprint density at radius 3 is 2.51 bits per heavy atom. The Morgan fingerprint density at radius 1 is 1.08 bits per heavy atom. The van der Waals surface area contributed by atoms with Gasteiger partial charge in [0.25, 0.3) is 5.91 Å². The predicted octanol–water partition coefficient (Wildman–Crippen LogP) is 4.43. The maximum atomic E-state index is 13.5. The number of amides is 1. The number of rotatable bonds is 8. The quantitative estimate of drug-likeness (QED) is 0.491. The zero-order valence-electron chi connectivity index (χ0n) is 21.6. The summed E-state index contributed by atoms with van der Waals surface area (Å²) in [6, 6.07) is 7.49. The lowest BCUT2D eigenvalue weighted by Crippen LogP contribution is -2.57. The Labute approximate surface area is 236 Å². The van der Waals surface area contributed by atoms with Crippen LogP contribution in [0, 0.1) is 0 Å². The van der Waals surface area contributed by atoms with Crippen LogP contribution in [0.3, 0.4) is 0 Å². The molecule has 7 nitrogen and oxygen atoms in total. The number of carbonyl (C=O) groups is 1. The number of ether oxygens (including phenoxy) is 2. The van der Waals surface area contributed by atoms with Gasteiger partial charge in [-0.05, 0) is 42.3 Å². The number of benzene rings is 2. The van der Waals surface area contributed by atoms with Crippen LogP contribution < -0.4 is 0 Å². The summed E-state index contributed by atoms with van der Waals surface area (Å²) in [4.78, 5) is 19.7. The van der Waals surface area contributed by atoms with Crippen LogP contribution in [0.1, 0.15) is 21.5 Å². The average Bonchev–Trinajstić information content (AvgIpc) is 2.89. The van der Waals surface area contributed by atoms with E-state index in [4.69, 9.17) is 32.7 Å². The fraction of sp³-hybridized carbons (Fsp3) is 0.519. The molecule has 12 heteroatoms. The third kappa shape index (κ3) is 7.99. The van der Waals surface area contributed by atoms with Gasteiger partial charge in [-0.3, -0.25) is 14.6 Å². The van der Waals surface area contributed by atoms with Gasteiger partial charge in [-0.25, -0.2) is 0 Å². The lowest BCUT2D eigenvalue weighted by Gasteiger charge is -2.42. The summed E-state index contributed by atoms with van der Waals surface area (Å²) in [7, 11) is 1.65. The van der Waals surface area contributed by atoms with E-state index in [-0.39, 0.29) is 33.5 Å². The fourth-order valence-electron chi connectivity index (χ4n) is 5.12. The molecule has 2 heterocycles. The van der Waals surface area contributed by atoms with Crippen LogP contribution >= 0.6 is 23.2 Å². The number of methoxy groups -OCH3 is 1. The van der Waals surface area contributed by atoms with Crippen molar-refractivity contribution in [1.29, 1.82) is 0 Å². The Hall–Kier alpha value is -2.08. The number of halogens is 5. The summed E-state index contributed by atoms with van der Waals surface area (Å²) < 4.78 is 51.2. The van der Waals surface area contributed by atoms with Crippen LogP contribution in [-0.2, 0) is 22.1 Å². The van der Waals surface area contributed by atoms with Crippen molar-refractivity contribution in [2.24, 2.45) is 0 Å². The van der Waals surface area contributed by atoms with Crippen LogP contribution in [0.2, 0.25) is 10.0 Å². The van der Waals surface area contributed by atoms with Gasteiger partial charge in [-0.1, -0.05) is 29.3 Å². The molecule has 0 spiro atoms. The lowest BCUT2D eigenvalue weighted by atomic mass is 10.00. The molecule has 2 atom stereocenters. The second-order valence-corrected chi connectivity index (χ2v) is 10.8. The number of nitrogens with zero attached hydrogens (tertiary/aromatic N) is 3. The molecule has 0 saturated carbocycles. The fourth-order valence-corrected chi connectivity index (χ4v) is 5.47. The van der Waals surface area contributed by atoms with E-state index in [2.05, 4.69) is 9.80 Å². The summed E-state index contributed by atoms with van der Waals surface area (Å²) in [6.45, 7) is 5.78. The Balaban J connectivity index is 1.50. The summed E-state index contributed by atoms with van der Waals surface area (Å²) in [6.07, 6.45) is -4.20. The average molecular weight is 590 g/mol. The summed E-state index contributed by atoms with van der Waals surface area (Å²) >= 11 is 11.9. The van der Waals surface area contributed by atoms with Crippen molar-refractivity contribution in [3.63, 3.8) is 0 Å². The van der Waals surface area contributed by atoms with Crippen molar-refractivity contribution in [2.45, 2.75) is 24.7 Å². The second-order valence-electron chi connectivity index (χ2n) is 9.92. The first-order valence-electron chi connectivity index (χ1n) is 12.7. The second kappa shape index (κ2) is 13.1. The van der Waals surface area contributed by atoms with Gasteiger partial charge in [-0.15, -0.1) is 0 Å². The minimum atomic E-state index is -4.62. The third-order valence-electron chi connectivity index (χ3n) is 7.09. The number of hydrogen-bond acceptors (Lipinski definition) is 6. The minimum absolute atomic E-state index is 0.0304. The molecule has 0 aromatic heterocycles. The molecule has 1 N–H and O–H groups in total. The van der Waals surface area contributed by atoms with E-state index < -0.39 is 17.6 Å². The number of hydrogen-bond donors (Lipinski definition) is 1. The first-order chi connectivity index (χ1) is 18.5. The standard InChI is InChI=1S/C27H32Cl2F3N3O4/c1-38-17-23-16-34(8-9-39-23)5-4-33-6-7-35(22(15-33)10-18-2-3-24(29)25(36)11-18)26(37)19-12-20(27(30,31)32)14-21(28)13-19/h2-3,11-14,22-23,36H,4-10,15-17H2,1H3/t22-,23+/m1/s1. The molecule has 2 saturated heterocycles. The number of phenolic OH excluding ortho intramolecular Hbond substituents is 1. The summed E-state index contributed by atoms with van der Waals surface area (Å²) in [5.74, 6) is -0.580. The molecular formula is C27H32Cl2F3N3O4. The highest BCUT2D eigenvalue weighted by Gasteiger charge is 2.35. The monoisotopic (exact) mass is 589 g/mol. The van der Waals surface area contributed by atoms with Crippen molar-refractivity contribution in [3.8, 4) is 5.75 Å². The summed E-state index contributed by atoms with van der Waals surface area (Å²) in [5.41, 5.74) is -0.308. The number of morpholine rings is 1. The van der Waals surface area contributed by atoms with Crippen molar-refractivity contribution >= 4 is 29.1 Å². The molecule has 214 valence electrons. The van der Waals surface area contributed by atoms with E-state index in [1.807, 2.05) is 0 Å². The number of phenols is 1. The van der Waals surface area contributed by atoms with Crippen LogP contribution in [0.25, 0.3) is 0 Å². The molecule has 0 radical (unpaired) electrons. The Kier molecular flexibility index (Phi) is 10.0. The molecule has 2 aliphatic heterocycles. The Morgan fingerprint density at radius 2 is 1.82 bits per heavy atom. The van der Waals surface area contributed by atoms with Gasteiger partial charge in [0.1, 0.15) is 5.75 Å². The first-order valence-corrected chi connectivity index (χ1v) is 13.5. The van der Waals surface area contributed by atoms with Crippen LogP contribution in [0.5, 0.6) is 5.75 Å². The number of alkyl halides is 3. The van der Waals surface area contributed by atoms with E-state index in [1.165, 1.54) is 6.07 Å². The first kappa shape index (κ1) is 29.9. The van der Waals surface area contributed by atoms with Gasteiger partial charge >= 0.3 is 6.18 Å². The molecule has 2 aromatic carbocycles. The zero-order chi connectivity index (χ0) is 28.2. The van der Waals surface area contributed by atoms with E-state index in [0.29, 0.717) is 39.3 Å². The lowest BCUT2D eigenvalue weighted by molar-refractivity contribution is -0.137. The molecule has 4 rings (SSSR count). The molecule has 0 aliphatic carbocycles. The number of carbonyl (C=O) groups excluding carboxylic acids is 1. The van der Waals surface area contributed by atoms with Gasteiger partial charge < -0.3 is 19.5 Å². The van der Waals surface area contributed by atoms with Crippen molar-refractivity contribution in [1.82, 2.24) is 14.7 Å². The van der Waals surface area contributed by atoms with Gasteiger partial charge in [0, 0.05) is 69.6 Å². The molecule has 2 aliphatic rings. The van der Waals surface area contributed by atoms with Crippen molar-refractivity contribution in [3.05, 3.63) is 63.1 Å². The molecule has 1 amide bonds. The van der Waals surface area contributed by atoms with Crippen LogP contribution in [-0.4, -0.2) is 104 Å². The van der Waals surface area contributed by atoms with Crippen LogP contribution in [0.15, 0.2) is 36.4 Å². The topological polar surface area (TPSA) is 65.5 Å². The van der Waals surface area contributed by atoms with E-state index in [9.17, 15) is 23.1 Å². The molecule has 39 heavy (non-hydrogen) atoms. The van der Waals surface area contributed by atoms with Crippen LogP contribution in [0.4, 0.5) is 13.2 Å². The van der Waals surface area contributed by atoms with Gasteiger partial charge in [0.2, 0.25) is 0 Å². The van der Waals surface area contributed by atoms with Gasteiger partial charge in [-0.2, -0.15) is 13.2 Å². The molecular weight excluding hydrogens is 558 g/mol. The molecule has 0 unspecified atom stereocenters. The zero-order valence-corrected chi connectivity index (χ0v) is 23.1. The van der Waals surface area contributed by atoms with Crippen molar-refractivity contribution < 1.29 is 32.5 Å². The van der Waals surface area contributed by atoms with Gasteiger partial charge in [0.15, 0.2) is 0 Å². The molecule has 2 fully saturated rings. The third-order valence-corrected chi connectivity index (χ3v) is 7.63. The Bertz CT molecular complexity index is 1150. The smallest absolute Gasteiger partial charge is 0.416 e. The molecule has 0 bridgehead atoms. The summed E-state index contributed by atoms with van der Waals surface area (Å²) in [5, 5.41) is 10.2. The van der Waals surface area contributed by atoms with Gasteiger partial charge in [0.05, 0.1) is 29.9 Å². The maximum Gasteiger partial charge on any atom is 0.416 e. The van der Waals surface area contributed by atoms with E-state index >= 15 is 0 Å². The highest BCUT2D eigenvalue weighted by Crippen LogP contribution is 2.33. The highest BCUT2D eigenvalue weighted by molar-refractivity contribution is 6.32. The SMILES string of the molecule is COC[C@@H]1CN(CCN2CCN(C(=O)c3cc(Cl)cc(C(F)(F)F)c3)[C@H](Cc3ccc(Cl)c(O)c3)C2)CCO1. The van der Waals surface area contributed by atoms with E-state index in [0.717, 1.165) is 43.9 Å². The highest BCUT2D eigenvalue weighted by atomic mass is 35.5. The predicted molar refractivity (Wildman–Crippen MR) is 143 cm³/mol. The normalized spacial score (nSPS) is 21.3.